The van der Waals surface area contributed by atoms with E-state index < -0.39 is 5.82 Å². The molecule has 0 atom stereocenters. The van der Waals surface area contributed by atoms with E-state index in [0.29, 0.717) is 27.3 Å². The number of anilines is 2. The van der Waals surface area contributed by atoms with Gasteiger partial charge >= 0.3 is 0 Å². The Hall–Kier alpha value is -1.55. The zero-order chi connectivity index (χ0) is 11.0. The molecule has 0 saturated carbocycles. The summed E-state index contributed by atoms with van der Waals surface area (Å²) in [4.78, 5) is 4.01. The molecule has 0 spiro atoms. The third kappa shape index (κ3) is 1.47. The molecule has 0 fully saturated rings. The van der Waals surface area contributed by atoms with Gasteiger partial charge in [-0.2, -0.15) is 0 Å². The number of halogens is 2. The van der Waals surface area contributed by atoms with Crippen molar-refractivity contribution in [1.29, 1.82) is 0 Å². The Bertz CT molecular complexity index is 528. The molecule has 0 aliphatic rings. The predicted molar refractivity (Wildman–Crippen MR) is 60.7 cm³/mol. The average molecular weight is 226 g/mol. The summed E-state index contributed by atoms with van der Waals surface area (Å²) in [5, 5.41) is 3.57. The number of hydrogen-bond acceptors (Lipinski definition) is 3. The largest absolute Gasteiger partial charge is 0.396 e. The summed E-state index contributed by atoms with van der Waals surface area (Å²) >= 11 is 5.91. The molecule has 1 aromatic carbocycles. The van der Waals surface area contributed by atoms with Crippen LogP contribution in [0.1, 0.15) is 0 Å². The van der Waals surface area contributed by atoms with Crippen LogP contribution in [0.15, 0.2) is 18.3 Å². The Labute approximate surface area is 91.1 Å². The summed E-state index contributed by atoms with van der Waals surface area (Å²) in [6, 6.07) is 2.77. The van der Waals surface area contributed by atoms with Crippen molar-refractivity contribution < 1.29 is 4.39 Å². The van der Waals surface area contributed by atoms with Crippen molar-refractivity contribution in [3.05, 3.63) is 29.2 Å². The van der Waals surface area contributed by atoms with Crippen molar-refractivity contribution in [2.75, 3.05) is 18.1 Å². The normalized spacial score (nSPS) is 10.6. The molecule has 3 N–H and O–H groups in total. The molecular weight excluding hydrogens is 217 g/mol. The van der Waals surface area contributed by atoms with Crippen LogP contribution in [0.25, 0.3) is 10.9 Å². The van der Waals surface area contributed by atoms with Gasteiger partial charge in [-0.1, -0.05) is 11.6 Å². The van der Waals surface area contributed by atoms with Crippen molar-refractivity contribution in [3.8, 4) is 0 Å². The lowest BCUT2D eigenvalue weighted by Crippen LogP contribution is -1.99. The fraction of sp³-hybridized carbons (Fsp3) is 0.100. The summed E-state index contributed by atoms with van der Waals surface area (Å²) in [5.41, 5.74) is 7.00. The lowest BCUT2D eigenvalue weighted by molar-refractivity contribution is 0.640. The smallest absolute Gasteiger partial charge is 0.134 e. The maximum absolute atomic E-state index is 13.6. The van der Waals surface area contributed by atoms with E-state index in [0.717, 1.165) is 0 Å². The number of benzene rings is 1. The van der Waals surface area contributed by atoms with Crippen molar-refractivity contribution in [2.45, 2.75) is 0 Å². The predicted octanol–water partition coefficient (Wildman–Crippen LogP) is 2.65. The molecule has 2 rings (SSSR count). The van der Waals surface area contributed by atoms with E-state index in [-0.39, 0.29) is 0 Å². The van der Waals surface area contributed by atoms with Crippen LogP contribution in [0.5, 0.6) is 0 Å². The number of hydrogen-bond donors (Lipinski definition) is 2. The highest BCUT2D eigenvalue weighted by Crippen LogP contribution is 2.33. The van der Waals surface area contributed by atoms with E-state index >= 15 is 0 Å². The van der Waals surface area contributed by atoms with E-state index in [1.165, 1.54) is 18.3 Å². The number of pyridine rings is 1. The van der Waals surface area contributed by atoms with Crippen LogP contribution in [0, 0.1) is 5.82 Å². The van der Waals surface area contributed by atoms with Gasteiger partial charge < -0.3 is 11.1 Å². The molecular formula is C10H9ClFN3. The zero-order valence-electron chi connectivity index (χ0n) is 8.01. The second kappa shape index (κ2) is 3.55. The molecule has 3 nitrogen and oxygen atoms in total. The highest BCUT2D eigenvalue weighted by Gasteiger charge is 2.12. The van der Waals surface area contributed by atoms with E-state index in [4.69, 9.17) is 17.3 Å². The molecule has 1 aromatic heterocycles. The Balaban J connectivity index is 2.96. The highest BCUT2D eigenvalue weighted by molar-refractivity contribution is 6.35. The van der Waals surface area contributed by atoms with Gasteiger partial charge in [-0.05, 0) is 12.1 Å². The third-order valence-electron chi connectivity index (χ3n) is 2.20. The minimum atomic E-state index is -0.390. The van der Waals surface area contributed by atoms with Crippen molar-refractivity contribution in [2.24, 2.45) is 0 Å². The van der Waals surface area contributed by atoms with Crippen molar-refractivity contribution in [1.82, 2.24) is 4.98 Å². The Morgan fingerprint density at radius 1 is 1.47 bits per heavy atom. The molecule has 78 valence electrons. The van der Waals surface area contributed by atoms with E-state index in [1.807, 2.05) is 0 Å². The first-order chi connectivity index (χ1) is 7.15. The molecule has 1 heterocycles. The van der Waals surface area contributed by atoms with Crippen LogP contribution < -0.4 is 11.1 Å². The van der Waals surface area contributed by atoms with Gasteiger partial charge in [-0.25, -0.2) is 4.39 Å². The van der Waals surface area contributed by atoms with Gasteiger partial charge in [-0.3, -0.25) is 4.98 Å². The summed E-state index contributed by atoms with van der Waals surface area (Å²) in [6.45, 7) is 0. The second-order valence-electron chi connectivity index (χ2n) is 3.09. The van der Waals surface area contributed by atoms with Gasteiger partial charge in [0.1, 0.15) is 5.82 Å². The van der Waals surface area contributed by atoms with Gasteiger partial charge in [-0.15, -0.1) is 0 Å². The van der Waals surface area contributed by atoms with Gasteiger partial charge in [0.15, 0.2) is 0 Å². The number of nitrogen functional groups attached to an aromatic ring is 1. The fourth-order valence-corrected chi connectivity index (χ4v) is 1.72. The lowest BCUT2D eigenvalue weighted by Gasteiger charge is -2.10. The van der Waals surface area contributed by atoms with Crippen LogP contribution in [0.2, 0.25) is 5.02 Å². The quantitative estimate of drug-likeness (QED) is 0.785. The Morgan fingerprint density at radius 2 is 2.20 bits per heavy atom. The lowest BCUT2D eigenvalue weighted by atomic mass is 10.1. The van der Waals surface area contributed by atoms with E-state index in [2.05, 4.69) is 10.3 Å². The average Bonchev–Trinajstić information content (AvgIpc) is 2.23. The maximum Gasteiger partial charge on any atom is 0.134 e. The zero-order valence-corrected chi connectivity index (χ0v) is 8.77. The number of nitrogens with zero attached hydrogens (tertiary/aromatic N) is 1. The van der Waals surface area contributed by atoms with E-state index in [9.17, 15) is 4.39 Å². The molecule has 0 unspecified atom stereocenters. The first-order valence-corrected chi connectivity index (χ1v) is 4.73. The highest BCUT2D eigenvalue weighted by atomic mass is 35.5. The number of rotatable bonds is 1. The molecule has 2 aromatic rings. The molecule has 0 amide bonds. The molecule has 0 bridgehead atoms. The van der Waals surface area contributed by atoms with Gasteiger partial charge in [0, 0.05) is 7.05 Å². The summed E-state index contributed by atoms with van der Waals surface area (Å²) in [7, 11) is 1.67. The maximum atomic E-state index is 13.6. The summed E-state index contributed by atoms with van der Waals surface area (Å²) in [6.07, 6.45) is 1.46. The third-order valence-corrected chi connectivity index (χ3v) is 2.50. The molecule has 0 aliphatic carbocycles. The molecule has 0 aliphatic heterocycles. The Kier molecular flexibility index (Phi) is 2.36. The molecule has 0 saturated heterocycles. The van der Waals surface area contributed by atoms with Crippen molar-refractivity contribution >= 4 is 33.9 Å². The summed E-state index contributed by atoms with van der Waals surface area (Å²) in [5.74, 6) is -0.390. The van der Waals surface area contributed by atoms with Crippen LogP contribution in [-0.2, 0) is 0 Å². The minimum Gasteiger partial charge on any atom is -0.396 e. The number of fused-ring (bicyclic) bond motifs is 1. The van der Waals surface area contributed by atoms with Crippen LogP contribution >= 0.6 is 11.6 Å². The van der Waals surface area contributed by atoms with Crippen LogP contribution in [0.3, 0.4) is 0 Å². The van der Waals surface area contributed by atoms with Gasteiger partial charge in [0.25, 0.3) is 0 Å². The van der Waals surface area contributed by atoms with Crippen molar-refractivity contribution in [3.63, 3.8) is 0 Å². The standard InChI is InChI=1S/C10H9ClFN3/c1-14-10-7(13)4-15-9-5(11)2-3-6(12)8(9)10/h2-4H,13H2,1H3,(H,14,15). The van der Waals surface area contributed by atoms with Gasteiger partial charge in [0.2, 0.25) is 0 Å². The number of nitrogens with two attached hydrogens (primary N) is 1. The molecule has 0 radical (unpaired) electrons. The van der Waals surface area contributed by atoms with E-state index in [1.54, 1.807) is 7.05 Å². The molecule has 15 heavy (non-hydrogen) atoms. The van der Waals surface area contributed by atoms with Gasteiger partial charge in [0.05, 0.1) is 33.5 Å². The monoisotopic (exact) mass is 225 g/mol. The summed E-state index contributed by atoms with van der Waals surface area (Å²) < 4.78 is 13.6. The molecule has 5 heteroatoms. The number of nitrogens with one attached hydrogen (secondary N) is 1. The fourth-order valence-electron chi connectivity index (χ4n) is 1.52. The minimum absolute atomic E-state index is 0.324. The Morgan fingerprint density at radius 3 is 2.87 bits per heavy atom. The topological polar surface area (TPSA) is 50.9 Å². The van der Waals surface area contributed by atoms with Crippen LogP contribution in [0.4, 0.5) is 15.8 Å². The first kappa shape index (κ1) is 9.98. The second-order valence-corrected chi connectivity index (χ2v) is 3.50. The number of aromatic nitrogens is 1. The SMILES string of the molecule is CNc1c(N)cnc2c(Cl)ccc(F)c12. The van der Waals surface area contributed by atoms with Crippen LogP contribution in [-0.4, -0.2) is 12.0 Å². The first-order valence-electron chi connectivity index (χ1n) is 4.35.